The highest BCUT2D eigenvalue weighted by Crippen LogP contribution is 2.36. The minimum absolute atomic E-state index is 0.00622. The molecule has 1 aliphatic rings. The van der Waals surface area contributed by atoms with Crippen molar-refractivity contribution in [2.75, 3.05) is 7.11 Å². The van der Waals surface area contributed by atoms with Gasteiger partial charge in [-0.05, 0) is 65.4 Å². The van der Waals surface area contributed by atoms with E-state index in [2.05, 4.69) is 0 Å². The van der Waals surface area contributed by atoms with E-state index in [1.54, 1.807) is 24.3 Å². The quantitative estimate of drug-likeness (QED) is 0.203. The first-order valence-corrected chi connectivity index (χ1v) is 11.7. The third-order valence-corrected chi connectivity index (χ3v) is 6.49. The fourth-order valence-corrected chi connectivity index (χ4v) is 4.55. The molecule has 6 nitrogen and oxygen atoms in total. The number of carbonyl (C=O) groups is 3. The number of amides is 2. The largest absolute Gasteiger partial charge is 0.493 e. The third-order valence-electron chi connectivity index (χ3n) is 5.00. The molecule has 3 aromatic carbocycles. The van der Waals surface area contributed by atoms with Gasteiger partial charge in [0.1, 0.15) is 5.82 Å². The Kier molecular flexibility index (Phi) is 7.45. The number of halogens is 3. The Balaban J connectivity index is 1.53. The lowest BCUT2D eigenvalue weighted by atomic mass is 10.1. The van der Waals surface area contributed by atoms with Crippen molar-refractivity contribution in [2.45, 2.75) is 6.54 Å². The molecule has 1 aliphatic heterocycles. The molecule has 1 heterocycles. The van der Waals surface area contributed by atoms with Gasteiger partial charge in [0, 0.05) is 10.0 Å². The summed E-state index contributed by atoms with van der Waals surface area (Å²) in [6.45, 7) is 0.00622. The van der Waals surface area contributed by atoms with Gasteiger partial charge in [-0.25, -0.2) is 9.18 Å². The SMILES string of the molecule is COc1cc(/C=C2\SC(=O)N(Cc3ccc(Cl)cc3Cl)C2=O)ccc1OC(=O)c1ccccc1F. The summed E-state index contributed by atoms with van der Waals surface area (Å²) in [6, 6.07) is 14.9. The molecule has 0 atom stereocenters. The normalized spacial score (nSPS) is 14.5. The summed E-state index contributed by atoms with van der Waals surface area (Å²) in [5.41, 5.74) is 0.901. The lowest BCUT2D eigenvalue weighted by Crippen LogP contribution is -2.27. The molecular formula is C25H16Cl2FNO5S. The summed E-state index contributed by atoms with van der Waals surface area (Å²) in [4.78, 5) is 39.0. The van der Waals surface area contributed by atoms with Crippen molar-refractivity contribution in [2.24, 2.45) is 0 Å². The number of rotatable bonds is 6. The van der Waals surface area contributed by atoms with Gasteiger partial charge in [0.25, 0.3) is 11.1 Å². The van der Waals surface area contributed by atoms with Crippen LogP contribution in [0, 0.1) is 5.82 Å². The fourth-order valence-electron chi connectivity index (χ4n) is 3.25. The van der Waals surface area contributed by atoms with E-state index >= 15 is 0 Å². The molecule has 4 rings (SSSR count). The van der Waals surface area contributed by atoms with Gasteiger partial charge in [-0.2, -0.15) is 0 Å². The van der Waals surface area contributed by atoms with Crippen LogP contribution in [0.3, 0.4) is 0 Å². The van der Waals surface area contributed by atoms with Crippen molar-refractivity contribution in [1.29, 1.82) is 0 Å². The van der Waals surface area contributed by atoms with Crippen LogP contribution in [0.25, 0.3) is 6.08 Å². The number of benzene rings is 3. The van der Waals surface area contributed by atoms with Crippen molar-refractivity contribution in [3.8, 4) is 11.5 Å². The van der Waals surface area contributed by atoms with Gasteiger partial charge in [0.2, 0.25) is 0 Å². The summed E-state index contributed by atoms with van der Waals surface area (Å²) in [5, 5.41) is 0.366. The van der Waals surface area contributed by atoms with Gasteiger partial charge in [0.05, 0.1) is 24.1 Å². The van der Waals surface area contributed by atoms with Crippen LogP contribution in [0.1, 0.15) is 21.5 Å². The van der Waals surface area contributed by atoms with Gasteiger partial charge in [-0.3, -0.25) is 14.5 Å². The first kappa shape index (κ1) is 24.8. The molecule has 0 unspecified atom stereocenters. The summed E-state index contributed by atoms with van der Waals surface area (Å²) in [6.07, 6.45) is 1.53. The Morgan fingerprint density at radius 2 is 1.83 bits per heavy atom. The molecule has 0 radical (unpaired) electrons. The Labute approximate surface area is 214 Å². The second-order valence-corrected chi connectivity index (χ2v) is 9.12. The molecule has 10 heteroatoms. The summed E-state index contributed by atoms with van der Waals surface area (Å²) in [5.74, 6) is -1.79. The van der Waals surface area contributed by atoms with Crippen molar-refractivity contribution in [1.82, 2.24) is 4.90 Å². The average Bonchev–Trinajstić information content (AvgIpc) is 3.09. The van der Waals surface area contributed by atoms with Gasteiger partial charge in [-0.1, -0.05) is 47.5 Å². The number of thioether (sulfide) groups is 1. The molecule has 178 valence electrons. The standard InChI is InChI=1S/C25H16Cl2FNO5S/c1-33-21-10-14(6-9-20(21)34-24(31)17-4-2-3-5-19(17)28)11-22-23(30)29(25(32)35-22)13-15-7-8-16(26)12-18(15)27/h2-12H,13H2,1H3/b22-11-. The molecule has 3 aromatic rings. The highest BCUT2D eigenvalue weighted by molar-refractivity contribution is 8.18. The molecule has 1 fully saturated rings. The zero-order chi connectivity index (χ0) is 25.1. The molecule has 35 heavy (non-hydrogen) atoms. The zero-order valence-electron chi connectivity index (χ0n) is 18.1. The van der Waals surface area contributed by atoms with Crippen LogP contribution in [0.5, 0.6) is 11.5 Å². The lowest BCUT2D eigenvalue weighted by molar-refractivity contribution is -0.123. The number of esters is 1. The molecule has 0 N–H and O–H groups in total. The van der Waals surface area contributed by atoms with E-state index in [4.69, 9.17) is 32.7 Å². The molecule has 0 bridgehead atoms. The Hall–Kier alpha value is -3.33. The van der Waals surface area contributed by atoms with Crippen LogP contribution >= 0.6 is 35.0 Å². The molecular weight excluding hydrogens is 516 g/mol. The third kappa shape index (κ3) is 5.51. The summed E-state index contributed by atoms with van der Waals surface area (Å²) >= 11 is 12.9. The monoisotopic (exact) mass is 531 g/mol. The first-order valence-electron chi connectivity index (χ1n) is 10.1. The number of ether oxygens (including phenoxy) is 2. The Bertz CT molecular complexity index is 1380. The summed E-state index contributed by atoms with van der Waals surface area (Å²) < 4.78 is 24.5. The van der Waals surface area contributed by atoms with E-state index in [0.717, 1.165) is 22.7 Å². The Morgan fingerprint density at radius 3 is 2.54 bits per heavy atom. The minimum atomic E-state index is -0.879. The highest BCUT2D eigenvalue weighted by Gasteiger charge is 2.35. The number of hydrogen-bond acceptors (Lipinski definition) is 6. The van der Waals surface area contributed by atoms with Crippen molar-refractivity contribution < 1.29 is 28.2 Å². The van der Waals surface area contributed by atoms with Gasteiger partial charge >= 0.3 is 5.97 Å². The molecule has 0 aromatic heterocycles. The van der Waals surface area contributed by atoms with Crippen LogP contribution in [0.15, 0.2) is 65.6 Å². The minimum Gasteiger partial charge on any atom is -0.493 e. The highest BCUT2D eigenvalue weighted by atomic mass is 35.5. The number of imide groups is 1. The van der Waals surface area contributed by atoms with Crippen molar-refractivity contribution in [3.05, 3.63) is 98.1 Å². The first-order chi connectivity index (χ1) is 16.8. The molecule has 0 aliphatic carbocycles. The van der Waals surface area contributed by atoms with Crippen molar-refractivity contribution >= 4 is 58.2 Å². The summed E-state index contributed by atoms with van der Waals surface area (Å²) in [7, 11) is 1.38. The van der Waals surface area contributed by atoms with Gasteiger partial charge in [0.15, 0.2) is 11.5 Å². The van der Waals surface area contributed by atoms with Crippen LogP contribution in [-0.4, -0.2) is 29.1 Å². The topological polar surface area (TPSA) is 72.9 Å². The van der Waals surface area contributed by atoms with E-state index in [-0.39, 0.29) is 28.5 Å². The van der Waals surface area contributed by atoms with E-state index in [1.165, 1.54) is 43.5 Å². The maximum atomic E-state index is 13.9. The Morgan fingerprint density at radius 1 is 1.06 bits per heavy atom. The zero-order valence-corrected chi connectivity index (χ0v) is 20.4. The predicted molar refractivity (Wildman–Crippen MR) is 132 cm³/mol. The fraction of sp³-hybridized carbons (Fsp3) is 0.0800. The van der Waals surface area contributed by atoms with Crippen LogP contribution in [-0.2, 0) is 11.3 Å². The number of nitrogens with zero attached hydrogens (tertiary/aromatic N) is 1. The van der Waals surface area contributed by atoms with Crippen molar-refractivity contribution in [3.63, 3.8) is 0 Å². The second-order valence-electron chi connectivity index (χ2n) is 7.28. The van der Waals surface area contributed by atoms with E-state index in [9.17, 15) is 18.8 Å². The average molecular weight is 532 g/mol. The van der Waals surface area contributed by atoms with Gasteiger partial charge in [-0.15, -0.1) is 0 Å². The van der Waals surface area contributed by atoms with Crippen LogP contribution < -0.4 is 9.47 Å². The van der Waals surface area contributed by atoms with Gasteiger partial charge < -0.3 is 9.47 Å². The smallest absolute Gasteiger partial charge is 0.346 e. The van der Waals surface area contributed by atoms with Crippen LogP contribution in [0.4, 0.5) is 9.18 Å². The molecule has 0 spiro atoms. The molecule has 0 saturated carbocycles. The second kappa shape index (κ2) is 10.5. The molecule has 1 saturated heterocycles. The van der Waals surface area contributed by atoms with Crippen LogP contribution in [0.2, 0.25) is 10.0 Å². The molecule has 2 amide bonds. The lowest BCUT2D eigenvalue weighted by Gasteiger charge is -2.13. The number of hydrogen-bond donors (Lipinski definition) is 0. The number of carbonyl (C=O) groups excluding carboxylic acids is 3. The maximum absolute atomic E-state index is 13.9. The number of methoxy groups -OCH3 is 1. The van der Waals surface area contributed by atoms with E-state index in [0.29, 0.717) is 21.2 Å². The van der Waals surface area contributed by atoms with E-state index in [1.807, 2.05) is 0 Å². The maximum Gasteiger partial charge on any atom is 0.346 e. The van der Waals surface area contributed by atoms with E-state index < -0.39 is 22.9 Å². The predicted octanol–water partition coefficient (Wildman–Crippen LogP) is 6.60.